The molecule has 2 saturated carbocycles. The van der Waals surface area contributed by atoms with E-state index < -0.39 is 0 Å². The van der Waals surface area contributed by atoms with E-state index in [9.17, 15) is 9.59 Å². The molecule has 6 heterocycles. The molecular formula is C36H34N12O2. The minimum atomic E-state index is -0.112. The molecule has 2 aromatic carbocycles. The summed E-state index contributed by atoms with van der Waals surface area (Å²) < 4.78 is 9.00. The first-order chi connectivity index (χ1) is 24.0. The van der Waals surface area contributed by atoms with Crippen LogP contribution >= 0.6 is 0 Å². The average molecular weight is 667 g/mol. The molecule has 0 spiro atoms. The molecule has 50 heavy (non-hydrogen) atoms. The lowest BCUT2D eigenvalue weighted by Crippen LogP contribution is -2.20. The minimum absolute atomic E-state index is 0. The van der Waals surface area contributed by atoms with Gasteiger partial charge in [-0.3, -0.25) is 19.4 Å². The quantitative estimate of drug-likeness (QED) is 0.252. The molecule has 1 N–H and O–H groups in total. The SMILES string of the molecule is C.Cn1c2ccccc2c(=O)n1-c1cccc(-c2nncn2C2CC2)n1.O=c1c2ccccc2[nH]n1-c1cccc(-c2nncn2C2CC2)n1. The Morgan fingerprint density at radius 2 is 1.20 bits per heavy atom. The van der Waals surface area contributed by atoms with Crippen LogP contribution in [-0.4, -0.2) is 58.6 Å². The van der Waals surface area contributed by atoms with Crippen molar-refractivity contribution in [1.29, 1.82) is 0 Å². The fourth-order valence-electron chi connectivity index (χ4n) is 6.20. The summed E-state index contributed by atoms with van der Waals surface area (Å²) in [6, 6.07) is 27.1. The number of aryl methyl sites for hydroxylation is 1. The molecular weight excluding hydrogens is 632 g/mol. The van der Waals surface area contributed by atoms with E-state index in [-0.39, 0.29) is 18.5 Å². The summed E-state index contributed by atoms with van der Waals surface area (Å²) in [5, 5.41) is 20.9. The Bertz CT molecular complexity index is 2610. The number of aromatic nitrogens is 12. The summed E-state index contributed by atoms with van der Waals surface area (Å²) in [5.74, 6) is 2.60. The molecule has 0 radical (unpaired) electrons. The molecule has 2 aliphatic carbocycles. The fraction of sp³-hybridized carbons (Fsp3) is 0.222. The number of rotatable bonds is 6. The predicted octanol–water partition coefficient (Wildman–Crippen LogP) is 5.26. The van der Waals surface area contributed by atoms with Crippen LogP contribution in [0, 0.1) is 0 Å². The van der Waals surface area contributed by atoms with Crippen molar-refractivity contribution in [3.8, 4) is 34.7 Å². The molecule has 0 amide bonds. The number of benzene rings is 2. The highest BCUT2D eigenvalue weighted by Crippen LogP contribution is 2.38. The Balaban J connectivity index is 0.000000142. The van der Waals surface area contributed by atoms with Gasteiger partial charge in [0.1, 0.15) is 24.0 Å². The summed E-state index contributed by atoms with van der Waals surface area (Å²) in [5.41, 5.74) is 2.91. The van der Waals surface area contributed by atoms with E-state index in [1.54, 1.807) is 29.5 Å². The maximum Gasteiger partial charge on any atom is 0.280 e. The first-order valence-electron chi connectivity index (χ1n) is 16.2. The smallest absolute Gasteiger partial charge is 0.280 e. The van der Waals surface area contributed by atoms with Crippen LogP contribution in [0.1, 0.15) is 45.2 Å². The molecule has 250 valence electrons. The van der Waals surface area contributed by atoms with E-state index in [1.807, 2.05) is 84.5 Å². The summed E-state index contributed by atoms with van der Waals surface area (Å²) in [6.07, 6.45) is 8.08. The number of H-pyrrole nitrogens is 1. The zero-order valence-corrected chi connectivity index (χ0v) is 26.5. The zero-order chi connectivity index (χ0) is 33.1. The van der Waals surface area contributed by atoms with Gasteiger partial charge in [-0.15, -0.1) is 20.4 Å². The Labute approximate surface area is 285 Å². The van der Waals surface area contributed by atoms with Crippen molar-refractivity contribution in [2.75, 3.05) is 0 Å². The lowest BCUT2D eigenvalue weighted by Gasteiger charge is -2.09. The van der Waals surface area contributed by atoms with Crippen molar-refractivity contribution < 1.29 is 0 Å². The average Bonchev–Trinajstić information content (AvgIpc) is 4.01. The van der Waals surface area contributed by atoms with Gasteiger partial charge in [-0.1, -0.05) is 43.8 Å². The van der Waals surface area contributed by atoms with Crippen LogP contribution in [0.25, 0.3) is 56.5 Å². The zero-order valence-electron chi connectivity index (χ0n) is 26.5. The number of aromatic amines is 1. The third-order valence-corrected chi connectivity index (χ3v) is 8.97. The Morgan fingerprint density at radius 1 is 0.640 bits per heavy atom. The molecule has 6 aromatic heterocycles. The van der Waals surface area contributed by atoms with Gasteiger partial charge in [0.15, 0.2) is 23.3 Å². The summed E-state index contributed by atoms with van der Waals surface area (Å²) in [7, 11) is 1.87. The molecule has 2 fully saturated rings. The summed E-state index contributed by atoms with van der Waals surface area (Å²) in [4.78, 5) is 34.7. The normalized spacial score (nSPS) is 14.0. The Morgan fingerprint density at radius 3 is 1.80 bits per heavy atom. The molecule has 10 rings (SSSR count). The highest BCUT2D eigenvalue weighted by molar-refractivity contribution is 5.79. The number of fused-ring (bicyclic) bond motifs is 2. The van der Waals surface area contributed by atoms with Crippen LogP contribution in [0.15, 0.2) is 107 Å². The van der Waals surface area contributed by atoms with E-state index in [4.69, 9.17) is 4.98 Å². The van der Waals surface area contributed by atoms with Crippen LogP contribution in [-0.2, 0) is 7.05 Å². The maximum atomic E-state index is 12.8. The van der Waals surface area contributed by atoms with Crippen LogP contribution < -0.4 is 11.1 Å². The van der Waals surface area contributed by atoms with Gasteiger partial charge in [0.2, 0.25) is 0 Å². The maximum absolute atomic E-state index is 12.8. The largest absolute Gasteiger partial charge is 0.309 e. The van der Waals surface area contributed by atoms with Crippen LogP contribution in [0.4, 0.5) is 0 Å². The number of nitrogens with one attached hydrogen (secondary N) is 1. The number of hydrogen-bond acceptors (Lipinski definition) is 8. The topological polar surface area (TPSA) is 152 Å². The molecule has 0 saturated heterocycles. The first-order valence-corrected chi connectivity index (χ1v) is 16.2. The van der Waals surface area contributed by atoms with Crippen molar-refractivity contribution in [3.63, 3.8) is 0 Å². The van der Waals surface area contributed by atoms with Gasteiger partial charge in [0.25, 0.3) is 11.1 Å². The first kappa shape index (κ1) is 30.9. The lowest BCUT2D eigenvalue weighted by molar-refractivity contribution is 0.652. The molecule has 8 aromatic rings. The van der Waals surface area contributed by atoms with E-state index >= 15 is 0 Å². The van der Waals surface area contributed by atoms with E-state index in [0.29, 0.717) is 40.2 Å². The van der Waals surface area contributed by atoms with Gasteiger partial charge in [-0.2, -0.15) is 4.68 Å². The van der Waals surface area contributed by atoms with Crippen molar-refractivity contribution in [2.24, 2.45) is 7.05 Å². The number of hydrogen-bond donors (Lipinski definition) is 1. The standard InChI is InChI=1S/C18H16N6O.C17H14N6O.CH4/c1-22-15-7-3-2-5-13(15)18(25)24(22)16-8-4-6-14(20-16)17-21-19-11-23(17)12-9-10-12;24-17-12-4-1-2-5-13(12)21-23(17)15-7-3-6-14(19-15)16-20-18-10-22(16)11-8-9-11;/h2-8,11-12H,9-10H2,1H3;1-7,10-11,21H,8-9H2;1H4. The Kier molecular flexibility index (Phi) is 7.54. The van der Waals surface area contributed by atoms with Crippen LogP contribution in [0.5, 0.6) is 0 Å². The van der Waals surface area contributed by atoms with E-state index in [0.717, 1.165) is 54.1 Å². The van der Waals surface area contributed by atoms with Gasteiger partial charge in [0, 0.05) is 19.1 Å². The third kappa shape index (κ3) is 5.30. The number of nitrogens with zero attached hydrogens (tertiary/aromatic N) is 11. The highest BCUT2D eigenvalue weighted by atomic mass is 16.1. The molecule has 14 nitrogen and oxygen atoms in total. The second-order valence-corrected chi connectivity index (χ2v) is 12.3. The van der Waals surface area contributed by atoms with Gasteiger partial charge in [-0.05, 0) is 74.2 Å². The molecule has 14 heteroatoms. The summed E-state index contributed by atoms with van der Waals surface area (Å²) in [6.45, 7) is 0. The van der Waals surface area contributed by atoms with E-state index in [2.05, 4.69) is 39.6 Å². The number of para-hydroxylation sites is 2. The minimum Gasteiger partial charge on any atom is -0.309 e. The van der Waals surface area contributed by atoms with Crippen molar-refractivity contribution in [2.45, 2.75) is 45.2 Å². The molecule has 0 aliphatic heterocycles. The summed E-state index contributed by atoms with van der Waals surface area (Å²) >= 11 is 0. The van der Waals surface area contributed by atoms with E-state index in [1.165, 1.54) is 4.68 Å². The highest BCUT2D eigenvalue weighted by Gasteiger charge is 2.28. The van der Waals surface area contributed by atoms with Crippen LogP contribution in [0.3, 0.4) is 0 Å². The molecule has 0 bridgehead atoms. The second kappa shape index (κ2) is 12.2. The second-order valence-electron chi connectivity index (χ2n) is 12.3. The van der Waals surface area contributed by atoms with Gasteiger partial charge in [-0.25, -0.2) is 14.6 Å². The molecule has 2 aliphatic rings. The van der Waals surface area contributed by atoms with Crippen molar-refractivity contribution in [3.05, 3.63) is 118 Å². The monoisotopic (exact) mass is 666 g/mol. The lowest BCUT2D eigenvalue weighted by atomic mass is 10.2. The van der Waals surface area contributed by atoms with Gasteiger partial charge >= 0.3 is 0 Å². The molecule has 0 unspecified atom stereocenters. The van der Waals surface area contributed by atoms with Crippen molar-refractivity contribution >= 4 is 21.8 Å². The Hall–Kier alpha value is -6.44. The predicted molar refractivity (Wildman–Crippen MR) is 189 cm³/mol. The fourth-order valence-corrected chi connectivity index (χ4v) is 6.20. The van der Waals surface area contributed by atoms with Gasteiger partial charge < -0.3 is 9.13 Å². The third-order valence-electron chi connectivity index (χ3n) is 8.97. The molecule has 0 atom stereocenters. The van der Waals surface area contributed by atoms with Gasteiger partial charge in [0.05, 0.1) is 21.8 Å². The number of pyridine rings is 2. The van der Waals surface area contributed by atoms with Crippen LogP contribution in [0.2, 0.25) is 0 Å². The van der Waals surface area contributed by atoms with Crippen molar-refractivity contribution in [1.82, 2.24) is 58.6 Å².